The topological polar surface area (TPSA) is 83.3 Å². The smallest absolute Gasteiger partial charge is 0.191 e. The van der Waals surface area contributed by atoms with Crippen LogP contribution in [-0.2, 0) is 23.0 Å². The third-order valence-corrected chi connectivity index (χ3v) is 7.22. The molecule has 7 nitrogen and oxygen atoms in total. The molecule has 26 heavy (non-hydrogen) atoms. The fourth-order valence-electron chi connectivity index (χ4n) is 2.65. The van der Waals surface area contributed by atoms with Gasteiger partial charge in [0.25, 0.3) is 0 Å². The van der Waals surface area contributed by atoms with Crippen molar-refractivity contribution in [3.63, 3.8) is 0 Å². The summed E-state index contributed by atoms with van der Waals surface area (Å²) in [5.74, 6) is 2.57. The highest BCUT2D eigenvalue weighted by Gasteiger charge is 2.30. The van der Waals surface area contributed by atoms with Gasteiger partial charge in [0, 0.05) is 11.8 Å². The summed E-state index contributed by atoms with van der Waals surface area (Å²) < 4.78 is 36.1. The Morgan fingerprint density at radius 1 is 1.31 bits per heavy atom. The van der Waals surface area contributed by atoms with Crippen LogP contribution in [0, 0.1) is 0 Å². The maximum Gasteiger partial charge on any atom is 0.191 e. The second kappa shape index (κ2) is 8.13. The van der Waals surface area contributed by atoms with Crippen LogP contribution in [0.5, 0.6) is 11.5 Å². The number of benzene rings is 1. The molecular formula is C17H21N3O4S2. The minimum absolute atomic E-state index is 0.0168. The van der Waals surface area contributed by atoms with Gasteiger partial charge in [-0.2, -0.15) is 0 Å². The first-order valence-corrected chi connectivity index (χ1v) is 10.9. The third-order valence-electron chi connectivity index (χ3n) is 4.00. The van der Waals surface area contributed by atoms with E-state index in [-0.39, 0.29) is 23.4 Å². The SMILES string of the molecule is C=CCn1c(COc2ccc(OC)cc2)nnc1SC1CCS(=O)(=O)C1. The average molecular weight is 396 g/mol. The Labute approximate surface area is 157 Å². The van der Waals surface area contributed by atoms with Crippen LogP contribution < -0.4 is 9.47 Å². The summed E-state index contributed by atoms with van der Waals surface area (Å²) in [6.45, 7) is 4.57. The maximum atomic E-state index is 11.7. The number of sulfone groups is 1. The van der Waals surface area contributed by atoms with Gasteiger partial charge in [-0.05, 0) is 30.7 Å². The Hall–Kier alpha value is -2.00. The number of nitrogens with zero attached hydrogens (tertiary/aromatic N) is 3. The average Bonchev–Trinajstić information content (AvgIpc) is 3.17. The molecule has 1 aliphatic heterocycles. The predicted octanol–water partition coefficient (Wildman–Crippen LogP) is 2.33. The summed E-state index contributed by atoms with van der Waals surface area (Å²) in [4.78, 5) is 0. The number of thioether (sulfide) groups is 1. The van der Waals surface area contributed by atoms with Gasteiger partial charge in [-0.15, -0.1) is 16.8 Å². The van der Waals surface area contributed by atoms with Gasteiger partial charge in [0.2, 0.25) is 0 Å². The van der Waals surface area contributed by atoms with Crippen molar-refractivity contribution < 1.29 is 17.9 Å². The van der Waals surface area contributed by atoms with Crippen LogP contribution in [0.25, 0.3) is 0 Å². The number of hydrogen-bond acceptors (Lipinski definition) is 7. The highest BCUT2D eigenvalue weighted by atomic mass is 32.2. The molecule has 1 atom stereocenters. The van der Waals surface area contributed by atoms with Crippen molar-refractivity contribution in [2.24, 2.45) is 0 Å². The lowest BCUT2D eigenvalue weighted by atomic mass is 10.3. The number of rotatable bonds is 8. The van der Waals surface area contributed by atoms with Crippen LogP contribution in [-0.4, -0.2) is 47.0 Å². The van der Waals surface area contributed by atoms with Gasteiger partial charge >= 0.3 is 0 Å². The highest BCUT2D eigenvalue weighted by Crippen LogP contribution is 2.30. The van der Waals surface area contributed by atoms with E-state index in [1.165, 1.54) is 11.8 Å². The van der Waals surface area contributed by atoms with Crippen molar-refractivity contribution in [2.45, 2.75) is 30.0 Å². The Kier molecular flexibility index (Phi) is 5.87. The van der Waals surface area contributed by atoms with Gasteiger partial charge in [-0.1, -0.05) is 17.8 Å². The molecular weight excluding hydrogens is 374 g/mol. The quantitative estimate of drug-likeness (QED) is 0.634. The Morgan fingerprint density at radius 2 is 2.04 bits per heavy atom. The highest BCUT2D eigenvalue weighted by molar-refractivity contribution is 8.01. The lowest BCUT2D eigenvalue weighted by Crippen LogP contribution is -2.10. The van der Waals surface area contributed by atoms with Crippen molar-refractivity contribution in [3.05, 3.63) is 42.7 Å². The van der Waals surface area contributed by atoms with Crippen LogP contribution in [0.2, 0.25) is 0 Å². The summed E-state index contributed by atoms with van der Waals surface area (Å²) in [5, 5.41) is 9.14. The lowest BCUT2D eigenvalue weighted by Gasteiger charge is -2.11. The molecule has 1 aromatic heterocycles. The van der Waals surface area contributed by atoms with Gasteiger partial charge in [-0.25, -0.2) is 8.42 Å². The summed E-state index contributed by atoms with van der Waals surface area (Å²) in [6, 6.07) is 7.30. The molecule has 0 saturated carbocycles. The van der Waals surface area contributed by atoms with E-state index in [9.17, 15) is 8.42 Å². The fraction of sp³-hybridized carbons (Fsp3) is 0.412. The number of allylic oxidation sites excluding steroid dienone is 1. The zero-order chi connectivity index (χ0) is 18.6. The van der Waals surface area contributed by atoms with Gasteiger partial charge in [0.05, 0.1) is 18.6 Å². The molecule has 1 aromatic carbocycles. The van der Waals surface area contributed by atoms with E-state index >= 15 is 0 Å². The lowest BCUT2D eigenvalue weighted by molar-refractivity contribution is 0.288. The third kappa shape index (κ3) is 4.59. The first kappa shape index (κ1) is 18.8. The molecule has 0 N–H and O–H groups in total. The molecule has 0 spiro atoms. The van der Waals surface area contributed by atoms with Gasteiger partial charge < -0.3 is 9.47 Å². The Balaban J connectivity index is 1.68. The zero-order valence-electron chi connectivity index (χ0n) is 14.5. The first-order chi connectivity index (χ1) is 12.5. The molecule has 140 valence electrons. The molecule has 1 saturated heterocycles. The van der Waals surface area contributed by atoms with Crippen LogP contribution in [0.3, 0.4) is 0 Å². The van der Waals surface area contributed by atoms with E-state index in [1.807, 2.05) is 28.8 Å². The van der Waals surface area contributed by atoms with E-state index in [0.717, 1.165) is 5.75 Å². The Bertz CT molecular complexity index is 863. The molecule has 9 heteroatoms. The summed E-state index contributed by atoms with van der Waals surface area (Å²) in [5.41, 5.74) is 0. The molecule has 1 fully saturated rings. The van der Waals surface area contributed by atoms with E-state index < -0.39 is 9.84 Å². The second-order valence-electron chi connectivity index (χ2n) is 5.91. The van der Waals surface area contributed by atoms with Crippen molar-refractivity contribution in [1.29, 1.82) is 0 Å². The van der Waals surface area contributed by atoms with Crippen molar-refractivity contribution >= 4 is 21.6 Å². The number of ether oxygens (including phenoxy) is 2. The van der Waals surface area contributed by atoms with E-state index in [4.69, 9.17) is 9.47 Å². The van der Waals surface area contributed by atoms with Crippen LogP contribution in [0.1, 0.15) is 12.2 Å². The summed E-state index contributed by atoms with van der Waals surface area (Å²) >= 11 is 1.46. The molecule has 0 radical (unpaired) electrons. The van der Waals surface area contributed by atoms with E-state index in [1.54, 1.807) is 13.2 Å². The van der Waals surface area contributed by atoms with Gasteiger partial charge in [-0.3, -0.25) is 4.57 Å². The normalized spacial score (nSPS) is 18.6. The van der Waals surface area contributed by atoms with Crippen molar-refractivity contribution in [1.82, 2.24) is 14.8 Å². The molecule has 3 rings (SSSR count). The van der Waals surface area contributed by atoms with Crippen LogP contribution in [0.4, 0.5) is 0 Å². The minimum Gasteiger partial charge on any atom is -0.497 e. The number of methoxy groups -OCH3 is 1. The zero-order valence-corrected chi connectivity index (χ0v) is 16.1. The first-order valence-electron chi connectivity index (χ1n) is 8.17. The standard InChI is InChI=1S/C17H21N3O4S2/c1-3-9-20-16(11-24-14-6-4-13(23-2)5-7-14)18-19-17(20)25-15-8-10-26(21,22)12-15/h3-7,15H,1,8-12H2,2H3. The van der Waals surface area contributed by atoms with E-state index in [2.05, 4.69) is 16.8 Å². The molecule has 0 bridgehead atoms. The Morgan fingerprint density at radius 3 is 2.65 bits per heavy atom. The van der Waals surface area contributed by atoms with Crippen LogP contribution in [0.15, 0.2) is 42.1 Å². The molecule has 1 unspecified atom stereocenters. The summed E-state index contributed by atoms with van der Waals surface area (Å²) in [7, 11) is -1.31. The van der Waals surface area contributed by atoms with Gasteiger partial charge in [0.1, 0.15) is 18.1 Å². The van der Waals surface area contributed by atoms with E-state index in [0.29, 0.717) is 29.7 Å². The molecule has 0 aliphatic carbocycles. The van der Waals surface area contributed by atoms with Crippen molar-refractivity contribution in [3.8, 4) is 11.5 Å². The molecule has 0 amide bonds. The summed E-state index contributed by atoms with van der Waals surface area (Å²) in [6.07, 6.45) is 2.40. The van der Waals surface area contributed by atoms with Crippen molar-refractivity contribution in [2.75, 3.05) is 18.6 Å². The second-order valence-corrected chi connectivity index (χ2v) is 9.40. The minimum atomic E-state index is -2.92. The van der Waals surface area contributed by atoms with Crippen LogP contribution >= 0.6 is 11.8 Å². The number of aromatic nitrogens is 3. The largest absolute Gasteiger partial charge is 0.497 e. The predicted molar refractivity (Wildman–Crippen MR) is 100 cm³/mol. The molecule has 2 heterocycles. The fourth-order valence-corrected chi connectivity index (χ4v) is 6.16. The van der Waals surface area contributed by atoms with Gasteiger partial charge in [0.15, 0.2) is 20.8 Å². The maximum absolute atomic E-state index is 11.7. The number of hydrogen-bond donors (Lipinski definition) is 0. The molecule has 2 aromatic rings. The molecule has 1 aliphatic rings. The monoisotopic (exact) mass is 395 g/mol.